The van der Waals surface area contributed by atoms with Gasteiger partial charge in [0.15, 0.2) is 5.65 Å². The summed E-state index contributed by atoms with van der Waals surface area (Å²) in [5.41, 5.74) is 7.60. The lowest BCUT2D eigenvalue weighted by atomic mass is 10.1. The van der Waals surface area contributed by atoms with Crippen molar-refractivity contribution >= 4 is 11.6 Å². The van der Waals surface area contributed by atoms with Gasteiger partial charge in [-0.1, -0.05) is 6.07 Å². The Labute approximate surface area is 94.7 Å². The lowest BCUT2D eigenvalue weighted by Gasteiger charge is -2.17. The van der Waals surface area contributed by atoms with Gasteiger partial charge in [0.05, 0.1) is 0 Å². The minimum atomic E-state index is -0.270. The number of aromatic nitrogens is 3. The van der Waals surface area contributed by atoms with Crippen molar-refractivity contribution in [3.63, 3.8) is 0 Å². The first-order valence-corrected chi connectivity index (χ1v) is 5.30. The third kappa shape index (κ3) is 2.49. The summed E-state index contributed by atoms with van der Waals surface area (Å²) in [6.45, 7) is 6.58. The van der Waals surface area contributed by atoms with Crippen molar-refractivity contribution in [3.8, 4) is 0 Å². The fraction of sp³-hybridized carbons (Fsp3) is 0.455. The van der Waals surface area contributed by atoms with E-state index in [1.54, 1.807) is 4.52 Å². The molecule has 86 valence electrons. The Morgan fingerprint density at radius 1 is 1.44 bits per heavy atom. The lowest BCUT2D eigenvalue weighted by Crippen LogP contribution is -2.39. The average molecular weight is 219 g/mol. The van der Waals surface area contributed by atoms with Crippen LogP contribution in [0.4, 0.5) is 5.95 Å². The number of hydrogen-bond acceptors (Lipinski definition) is 4. The molecule has 3 N–H and O–H groups in total. The fourth-order valence-corrected chi connectivity index (χ4v) is 1.37. The summed E-state index contributed by atoms with van der Waals surface area (Å²) >= 11 is 0. The normalized spacial score (nSPS) is 12.0. The van der Waals surface area contributed by atoms with Crippen LogP contribution in [0, 0.1) is 6.92 Å². The molecule has 0 atom stereocenters. The van der Waals surface area contributed by atoms with E-state index in [0.29, 0.717) is 12.5 Å². The molecule has 0 aliphatic rings. The van der Waals surface area contributed by atoms with E-state index in [1.807, 2.05) is 39.1 Å². The number of nitrogens with zero attached hydrogens (tertiary/aromatic N) is 3. The largest absolute Gasteiger partial charge is 0.351 e. The highest BCUT2D eigenvalue weighted by atomic mass is 15.3. The number of hydrogen-bond donors (Lipinski definition) is 2. The second-order valence-corrected chi connectivity index (χ2v) is 4.79. The van der Waals surface area contributed by atoms with Crippen LogP contribution in [0.2, 0.25) is 0 Å². The molecule has 0 unspecified atom stereocenters. The van der Waals surface area contributed by atoms with Gasteiger partial charge in [-0.05, 0) is 32.4 Å². The summed E-state index contributed by atoms with van der Waals surface area (Å²) < 4.78 is 1.77. The predicted octanol–water partition coefficient (Wildman–Crippen LogP) is 1.19. The number of aryl methyl sites for hydroxylation is 1. The Morgan fingerprint density at radius 3 is 2.88 bits per heavy atom. The topological polar surface area (TPSA) is 68.2 Å². The monoisotopic (exact) mass is 219 g/mol. The number of rotatable bonds is 3. The van der Waals surface area contributed by atoms with Crippen LogP contribution in [-0.4, -0.2) is 26.7 Å². The molecule has 0 aliphatic carbocycles. The molecule has 2 heterocycles. The average Bonchev–Trinajstić information content (AvgIpc) is 2.55. The van der Waals surface area contributed by atoms with Gasteiger partial charge < -0.3 is 11.1 Å². The van der Waals surface area contributed by atoms with E-state index < -0.39 is 0 Å². The molecule has 16 heavy (non-hydrogen) atoms. The molecule has 5 heteroatoms. The smallest absolute Gasteiger partial charge is 0.243 e. The van der Waals surface area contributed by atoms with Crippen LogP contribution in [0.15, 0.2) is 18.3 Å². The van der Waals surface area contributed by atoms with Crippen molar-refractivity contribution in [1.29, 1.82) is 0 Å². The minimum absolute atomic E-state index is 0.270. The predicted molar refractivity (Wildman–Crippen MR) is 64.5 cm³/mol. The molecular weight excluding hydrogens is 202 g/mol. The van der Waals surface area contributed by atoms with Crippen LogP contribution in [0.1, 0.15) is 19.4 Å². The van der Waals surface area contributed by atoms with Gasteiger partial charge in [0, 0.05) is 18.3 Å². The van der Waals surface area contributed by atoms with E-state index in [9.17, 15) is 0 Å². The molecule has 0 saturated carbocycles. The van der Waals surface area contributed by atoms with Gasteiger partial charge in [0.2, 0.25) is 5.95 Å². The summed E-state index contributed by atoms with van der Waals surface area (Å²) in [6.07, 6.45) is 1.95. The SMILES string of the molecule is Cc1ccc2nc(NCC(C)(C)N)nn2c1. The highest BCUT2D eigenvalue weighted by Gasteiger charge is 2.11. The van der Waals surface area contributed by atoms with Crippen molar-refractivity contribution in [1.82, 2.24) is 14.6 Å². The third-order valence-corrected chi connectivity index (χ3v) is 2.18. The molecule has 0 amide bonds. The van der Waals surface area contributed by atoms with E-state index >= 15 is 0 Å². The summed E-state index contributed by atoms with van der Waals surface area (Å²) in [4.78, 5) is 4.34. The van der Waals surface area contributed by atoms with Crippen molar-refractivity contribution in [2.45, 2.75) is 26.3 Å². The molecule has 2 aromatic heterocycles. The van der Waals surface area contributed by atoms with Gasteiger partial charge in [-0.25, -0.2) is 4.52 Å². The Kier molecular flexibility index (Phi) is 2.55. The first-order valence-electron chi connectivity index (χ1n) is 5.30. The molecule has 0 aliphatic heterocycles. The van der Waals surface area contributed by atoms with Crippen LogP contribution in [0.3, 0.4) is 0 Å². The number of nitrogens with two attached hydrogens (primary N) is 1. The maximum Gasteiger partial charge on any atom is 0.243 e. The Morgan fingerprint density at radius 2 is 2.19 bits per heavy atom. The second-order valence-electron chi connectivity index (χ2n) is 4.79. The highest BCUT2D eigenvalue weighted by Crippen LogP contribution is 2.07. The molecule has 0 radical (unpaired) electrons. The molecule has 0 saturated heterocycles. The van der Waals surface area contributed by atoms with E-state index in [2.05, 4.69) is 15.4 Å². The van der Waals surface area contributed by atoms with Crippen LogP contribution >= 0.6 is 0 Å². The third-order valence-electron chi connectivity index (χ3n) is 2.18. The van der Waals surface area contributed by atoms with Gasteiger partial charge >= 0.3 is 0 Å². The number of nitrogens with one attached hydrogen (secondary N) is 1. The zero-order chi connectivity index (χ0) is 11.8. The molecular formula is C11H17N5. The molecule has 0 bridgehead atoms. The number of fused-ring (bicyclic) bond motifs is 1. The maximum absolute atomic E-state index is 5.88. The fourth-order valence-electron chi connectivity index (χ4n) is 1.37. The van der Waals surface area contributed by atoms with Crippen molar-refractivity contribution in [3.05, 3.63) is 23.9 Å². The van der Waals surface area contributed by atoms with E-state index in [-0.39, 0.29) is 5.54 Å². The summed E-state index contributed by atoms with van der Waals surface area (Å²) in [6, 6.07) is 3.96. The summed E-state index contributed by atoms with van der Waals surface area (Å²) in [5.74, 6) is 0.615. The molecule has 2 aromatic rings. The Hall–Kier alpha value is -1.62. The highest BCUT2D eigenvalue weighted by molar-refractivity contribution is 5.44. The van der Waals surface area contributed by atoms with E-state index in [4.69, 9.17) is 5.73 Å². The summed E-state index contributed by atoms with van der Waals surface area (Å²) in [5, 5.41) is 7.44. The van der Waals surface area contributed by atoms with E-state index in [1.165, 1.54) is 0 Å². The van der Waals surface area contributed by atoms with E-state index in [0.717, 1.165) is 11.2 Å². The standard InChI is InChI=1S/C11H17N5/c1-8-4-5-9-14-10(15-16(9)6-8)13-7-11(2,3)12/h4-6H,7,12H2,1-3H3,(H,13,15). The molecule has 0 aromatic carbocycles. The quantitative estimate of drug-likeness (QED) is 0.813. The summed E-state index contributed by atoms with van der Waals surface area (Å²) in [7, 11) is 0. The molecule has 0 spiro atoms. The Bertz CT molecular complexity index is 495. The Balaban J connectivity index is 2.20. The van der Waals surface area contributed by atoms with Crippen LogP contribution in [0.25, 0.3) is 5.65 Å². The van der Waals surface area contributed by atoms with Gasteiger partial charge in [-0.3, -0.25) is 0 Å². The van der Waals surface area contributed by atoms with Crippen molar-refractivity contribution in [2.24, 2.45) is 5.73 Å². The van der Waals surface area contributed by atoms with Crippen LogP contribution < -0.4 is 11.1 Å². The first kappa shape index (κ1) is 10.9. The zero-order valence-electron chi connectivity index (χ0n) is 9.86. The second kappa shape index (κ2) is 3.75. The molecule has 0 fully saturated rings. The van der Waals surface area contributed by atoms with Gasteiger partial charge in [-0.15, -0.1) is 5.10 Å². The lowest BCUT2D eigenvalue weighted by molar-refractivity contribution is 0.547. The van der Waals surface area contributed by atoms with Crippen LogP contribution in [0.5, 0.6) is 0 Å². The molecule has 5 nitrogen and oxygen atoms in total. The molecule has 2 rings (SSSR count). The van der Waals surface area contributed by atoms with Gasteiger partial charge in [0.1, 0.15) is 0 Å². The van der Waals surface area contributed by atoms with Crippen LogP contribution in [-0.2, 0) is 0 Å². The maximum atomic E-state index is 5.88. The number of anilines is 1. The number of pyridine rings is 1. The first-order chi connectivity index (χ1) is 7.44. The zero-order valence-corrected chi connectivity index (χ0v) is 9.86. The van der Waals surface area contributed by atoms with Gasteiger partial charge in [0.25, 0.3) is 0 Å². The minimum Gasteiger partial charge on any atom is -0.351 e. The van der Waals surface area contributed by atoms with Crippen molar-refractivity contribution in [2.75, 3.05) is 11.9 Å². The van der Waals surface area contributed by atoms with Gasteiger partial charge in [-0.2, -0.15) is 4.98 Å². The van der Waals surface area contributed by atoms with Crippen molar-refractivity contribution < 1.29 is 0 Å².